The van der Waals surface area contributed by atoms with Gasteiger partial charge in [-0.25, -0.2) is 13.2 Å². The van der Waals surface area contributed by atoms with Gasteiger partial charge in [0.2, 0.25) is 10.0 Å². The zero-order valence-corrected chi connectivity index (χ0v) is 17.5. The summed E-state index contributed by atoms with van der Waals surface area (Å²) in [7, 11) is -2.46. The summed E-state index contributed by atoms with van der Waals surface area (Å²) < 4.78 is 38.2. The van der Waals surface area contributed by atoms with E-state index in [2.05, 4.69) is 5.32 Å². The van der Waals surface area contributed by atoms with Crippen LogP contribution in [0.25, 0.3) is 0 Å². The van der Waals surface area contributed by atoms with E-state index < -0.39 is 28.0 Å². The molecule has 1 heterocycles. The lowest BCUT2D eigenvalue weighted by molar-refractivity contribution is -0.128. The molecule has 1 fully saturated rings. The summed E-state index contributed by atoms with van der Waals surface area (Å²) in [6.07, 6.45) is 1.57. The van der Waals surface area contributed by atoms with Crippen molar-refractivity contribution in [1.82, 2.24) is 9.62 Å². The number of likely N-dealkylation sites (N-methyl/N-ethyl adjacent to an activating group) is 1. The first kappa shape index (κ1) is 22.2. The molecule has 1 aliphatic heterocycles. The van der Waals surface area contributed by atoms with Crippen molar-refractivity contribution >= 4 is 21.9 Å². The van der Waals surface area contributed by atoms with Crippen LogP contribution in [0.1, 0.15) is 50.4 Å². The second kappa shape index (κ2) is 9.38. The topological polar surface area (TPSA) is 102 Å². The first-order valence-electron chi connectivity index (χ1n) is 9.41. The van der Waals surface area contributed by atoms with Gasteiger partial charge in [0.15, 0.2) is 6.10 Å². The van der Waals surface area contributed by atoms with Crippen molar-refractivity contribution in [2.45, 2.75) is 57.1 Å². The molecule has 156 valence electrons. The van der Waals surface area contributed by atoms with Gasteiger partial charge in [0, 0.05) is 19.1 Å². The minimum atomic E-state index is -3.84. The van der Waals surface area contributed by atoms with Crippen LogP contribution < -0.4 is 10.1 Å². The summed E-state index contributed by atoms with van der Waals surface area (Å²) >= 11 is 0. The van der Waals surface area contributed by atoms with E-state index in [9.17, 15) is 18.0 Å². The predicted octanol–water partition coefficient (Wildman–Crippen LogP) is 1.94. The first-order valence-corrected chi connectivity index (χ1v) is 10.8. The summed E-state index contributed by atoms with van der Waals surface area (Å²) in [6.45, 7) is 5.93. The van der Waals surface area contributed by atoms with E-state index in [1.165, 1.54) is 36.5 Å². The summed E-state index contributed by atoms with van der Waals surface area (Å²) in [5, 5.41) is 2.57. The Balaban J connectivity index is 2.33. The number of carbonyl (C=O) groups is 2. The van der Waals surface area contributed by atoms with Crippen LogP contribution in [-0.4, -0.2) is 56.9 Å². The molecule has 2 rings (SSSR count). The van der Waals surface area contributed by atoms with Crippen molar-refractivity contribution in [3.05, 3.63) is 23.8 Å². The molecule has 0 saturated carbocycles. The van der Waals surface area contributed by atoms with Crippen molar-refractivity contribution in [2.24, 2.45) is 0 Å². The molecular weight excluding hydrogens is 384 g/mol. The van der Waals surface area contributed by atoms with Gasteiger partial charge in [-0.1, -0.05) is 6.42 Å². The third kappa shape index (κ3) is 4.82. The molecule has 1 aromatic rings. The first-order chi connectivity index (χ1) is 13.2. The molecule has 9 heteroatoms. The lowest BCUT2D eigenvalue weighted by Gasteiger charge is -2.32. The molecule has 1 saturated heterocycles. The van der Waals surface area contributed by atoms with E-state index in [1.807, 2.05) is 6.92 Å². The number of ether oxygens (including phenoxy) is 2. The minimum Gasteiger partial charge on any atom is -0.495 e. The molecule has 1 aromatic carbocycles. The van der Waals surface area contributed by atoms with Crippen LogP contribution in [-0.2, 0) is 19.6 Å². The third-order valence-corrected chi connectivity index (χ3v) is 6.77. The summed E-state index contributed by atoms with van der Waals surface area (Å²) in [6, 6.07) is 3.97. The van der Waals surface area contributed by atoms with Crippen LogP contribution >= 0.6 is 0 Å². The summed E-state index contributed by atoms with van der Waals surface area (Å²) in [5.74, 6) is -1.03. The molecule has 1 amide bonds. The fourth-order valence-electron chi connectivity index (χ4n) is 3.16. The van der Waals surface area contributed by atoms with Crippen molar-refractivity contribution in [2.75, 3.05) is 20.2 Å². The van der Waals surface area contributed by atoms with Gasteiger partial charge >= 0.3 is 5.97 Å². The second-order valence-corrected chi connectivity index (χ2v) is 8.63. The Labute approximate surface area is 166 Å². The monoisotopic (exact) mass is 412 g/mol. The largest absolute Gasteiger partial charge is 0.495 e. The van der Waals surface area contributed by atoms with Crippen molar-refractivity contribution in [3.8, 4) is 5.75 Å². The smallest absolute Gasteiger partial charge is 0.338 e. The fourth-order valence-corrected chi connectivity index (χ4v) is 5.04. The lowest BCUT2D eigenvalue weighted by Crippen LogP contribution is -2.42. The number of nitrogens with zero attached hydrogens (tertiary/aromatic N) is 1. The number of methoxy groups -OCH3 is 1. The Kier molecular flexibility index (Phi) is 7.42. The number of benzene rings is 1. The van der Waals surface area contributed by atoms with Crippen LogP contribution in [0.3, 0.4) is 0 Å². The van der Waals surface area contributed by atoms with Gasteiger partial charge in [0.1, 0.15) is 10.6 Å². The Bertz CT molecular complexity index is 824. The van der Waals surface area contributed by atoms with Crippen LogP contribution in [0.15, 0.2) is 23.1 Å². The van der Waals surface area contributed by atoms with Crippen LogP contribution in [0, 0.1) is 0 Å². The van der Waals surface area contributed by atoms with E-state index in [4.69, 9.17) is 9.47 Å². The molecule has 2 atom stereocenters. The van der Waals surface area contributed by atoms with Gasteiger partial charge in [-0.15, -0.1) is 0 Å². The fraction of sp³-hybridized carbons (Fsp3) is 0.579. The number of hydrogen-bond donors (Lipinski definition) is 1. The number of esters is 1. The molecule has 0 aliphatic carbocycles. The molecule has 0 aromatic heterocycles. The lowest BCUT2D eigenvalue weighted by atomic mass is 10.1. The number of rotatable bonds is 7. The Morgan fingerprint density at radius 3 is 2.64 bits per heavy atom. The maximum absolute atomic E-state index is 13.2. The zero-order chi connectivity index (χ0) is 20.9. The highest BCUT2D eigenvalue weighted by Gasteiger charge is 2.34. The van der Waals surface area contributed by atoms with Crippen LogP contribution in [0.2, 0.25) is 0 Å². The molecular formula is C19H28N2O6S. The number of piperidine rings is 1. The third-order valence-electron chi connectivity index (χ3n) is 4.73. The molecule has 0 bridgehead atoms. The second-order valence-electron chi connectivity index (χ2n) is 6.77. The van der Waals surface area contributed by atoms with Gasteiger partial charge in [-0.3, -0.25) is 4.79 Å². The van der Waals surface area contributed by atoms with Gasteiger partial charge in [-0.2, -0.15) is 4.31 Å². The molecule has 8 nitrogen and oxygen atoms in total. The standard InChI is InChI=1S/C19H28N2O6S/c1-5-20-18(22)14(3)27-19(23)15-9-10-16(26-4)17(12-15)28(24,25)21-11-7-6-8-13(21)2/h9-10,12-14H,5-8,11H2,1-4H3,(H,20,22)/t13-,14+/m0/s1. The number of amides is 1. The highest BCUT2D eigenvalue weighted by atomic mass is 32.2. The number of carbonyl (C=O) groups excluding carboxylic acids is 2. The minimum absolute atomic E-state index is 0.0418. The van der Waals surface area contributed by atoms with Crippen molar-refractivity contribution in [3.63, 3.8) is 0 Å². The highest BCUT2D eigenvalue weighted by Crippen LogP contribution is 2.31. The average Bonchev–Trinajstić information content (AvgIpc) is 2.67. The summed E-state index contributed by atoms with van der Waals surface area (Å²) in [5.41, 5.74) is 0.0418. The molecule has 0 radical (unpaired) electrons. The Morgan fingerprint density at radius 1 is 1.32 bits per heavy atom. The molecule has 1 N–H and O–H groups in total. The van der Waals surface area contributed by atoms with Gasteiger partial charge in [0.25, 0.3) is 5.91 Å². The molecule has 0 unspecified atom stereocenters. The van der Waals surface area contributed by atoms with Gasteiger partial charge in [0.05, 0.1) is 12.7 Å². The Morgan fingerprint density at radius 2 is 2.04 bits per heavy atom. The normalized spacial score (nSPS) is 18.9. The summed E-state index contributed by atoms with van der Waals surface area (Å²) in [4.78, 5) is 24.1. The van der Waals surface area contributed by atoms with E-state index in [0.717, 1.165) is 19.3 Å². The number of nitrogens with one attached hydrogen (secondary N) is 1. The number of hydrogen-bond acceptors (Lipinski definition) is 6. The van der Waals surface area contributed by atoms with E-state index in [-0.39, 0.29) is 22.3 Å². The highest BCUT2D eigenvalue weighted by molar-refractivity contribution is 7.89. The van der Waals surface area contributed by atoms with Crippen molar-refractivity contribution < 1.29 is 27.5 Å². The zero-order valence-electron chi connectivity index (χ0n) is 16.7. The molecule has 1 aliphatic rings. The number of sulfonamides is 1. The van der Waals surface area contributed by atoms with Crippen molar-refractivity contribution in [1.29, 1.82) is 0 Å². The maximum atomic E-state index is 13.2. The van der Waals surface area contributed by atoms with Crippen LogP contribution in [0.4, 0.5) is 0 Å². The Hall–Kier alpha value is -2.13. The van der Waals surface area contributed by atoms with E-state index in [0.29, 0.717) is 13.1 Å². The average molecular weight is 413 g/mol. The SMILES string of the molecule is CCNC(=O)[C@@H](C)OC(=O)c1ccc(OC)c(S(=O)(=O)N2CCCC[C@@H]2C)c1. The van der Waals surface area contributed by atoms with Crippen LogP contribution in [0.5, 0.6) is 5.75 Å². The van der Waals surface area contributed by atoms with Gasteiger partial charge in [-0.05, 0) is 51.8 Å². The van der Waals surface area contributed by atoms with E-state index in [1.54, 1.807) is 6.92 Å². The molecule has 28 heavy (non-hydrogen) atoms. The molecule has 0 spiro atoms. The quantitative estimate of drug-likeness (QED) is 0.687. The predicted molar refractivity (Wildman–Crippen MR) is 104 cm³/mol. The van der Waals surface area contributed by atoms with Gasteiger partial charge < -0.3 is 14.8 Å². The van der Waals surface area contributed by atoms with E-state index >= 15 is 0 Å². The maximum Gasteiger partial charge on any atom is 0.338 e.